The molecule has 1 heterocycles. The third kappa shape index (κ3) is 4.27. The van der Waals surface area contributed by atoms with Crippen LogP contribution in [0.2, 0.25) is 0 Å². The quantitative estimate of drug-likeness (QED) is 0.435. The molecule has 8 nitrogen and oxygen atoms in total. The van der Waals surface area contributed by atoms with Crippen LogP contribution >= 0.6 is 0 Å². The zero-order valence-corrected chi connectivity index (χ0v) is 17.3. The number of nitrogens with zero attached hydrogens (tertiary/aromatic N) is 1. The van der Waals surface area contributed by atoms with Crippen molar-refractivity contribution < 1.29 is 28.7 Å². The third-order valence-corrected chi connectivity index (χ3v) is 5.82. The largest absolute Gasteiger partial charge is 0.451 e. The van der Waals surface area contributed by atoms with E-state index in [4.69, 9.17) is 4.74 Å². The fraction of sp³-hybridized carbons (Fsp3) is 0.500. The van der Waals surface area contributed by atoms with Gasteiger partial charge >= 0.3 is 5.97 Å². The van der Waals surface area contributed by atoms with Crippen molar-refractivity contribution in [3.05, 3.63) is 29.8 Å². The van der Waals surface area contributed by atoms with E-state index in [1.807, 2.05) is 0 Å². The Morgan fingerprint density at radius 3 is 2.03 bits per heavy atom. The number of fused-ring (bicyclic) bond motifs is 1. The molecule has 2 aliphatic rings. The first kappa shape index (κ1) is 21.7. The Morgan fingerprint density at radius 2 is 1.53 bits per heavy atom. The van der Waals surface area contributed by atoms with Crippen LogP contribution in [0.3, 0.4) is 0 Å². The Bertz CT molecular complexity index is 854. The fourth-order valence-corrected chi connectivity index (χ4v) is 4.03. The molecule has 8 heteroatoms. The van der Waals surface area contributed by atoms with E-state index in [0.29, 0.717) is 24.1 Å². The Hall–Kier alpha value is -3.03. The molecule has 2 fully saturated rings. The van der Waals surface area contributed by atoms with E-state index in [9.17, 15) is 24.0 Å². The molecular formula is C22H26N2O6. The number of Topliss-reactive ketones (excluding diaryl/α,β-unsaturated/α-hetero) is 1. The standard InChI is InChI=1S/C22H26N2O6/c1-12(24-20(27)17-6-4-5-7-18(17)21(24)28)22(29)30-14(3)19(26)23-16-10-8-15(9-11-16)13(2)25/h8-12,14,17-18H,4-7H2,1-3H3,(H,23,26)/t12-,14-,17-,18+/m0/s1. The molecule has 3 amide bonds. The SMILES string of the molecule is CC(=O)c1ccc(NC(=O)[C@H](C)OC(=O)[C@H](C)N2C(=O)[C@H]3CCCC[C@H]3C2=O)cc1. The van der Waals surface area contributed by atoms with Gasteiger partial charge in [0.05, 0.1) is 11.8 Å². The Balaban J connectivity index is 1.59. The van der Waals surface area contributed by atoms with Gasteiger partial charge in [-0.1, -0.05) is 12.8 Å². The van der Waals surface area contributed by atoms with E-state index in [0.717, 1.165) is 17.7 Å². The lowest BCUT2D eigenvalue weighted by Gasteiger charge is -2.23. The molecule has 1 N–H and O–H groups in total. The lowest BCUT2D eigenvalue weighted by molar-refractivity contribution is -0.163. The molecule has 0 spiro atoms. The second-order valence-electron chi connectivity index (χ2n) is 7.92. The molecule has 1 saturated carbocycles. The molecule has 4 atom stereocenters. The number of anilines is 1. The number of imide groups is 1. The number of carbonyl (C=O) groups excluding carboxylic acids is 5. The summed E-state index contributed by atoms with van der Waals surface area (Å²) in [4.78, 5) is 62.4. The number of hydrogen-bond donors (Lipinski definition) is 1. The van der Waals surface area contributed by atoms with Crippen LogP contribution in [0.25, 0.3) is 0 Å². The van der Waals surface area contributed by atoms with E-state index < -0.39 is 24.0 Å². The summed E-state index contributed by atoms with van der Waals surface area (Å²) in [6, 6.07) is 5.24. The molecule has 1 aliphatic carbocycles. The summed E-state index contributed by atoms with van der Waals surface area (Å²) in [6.07, 6.45) is 2.00. The van der Waals surface area contributed by atoms with Crippen molar-refractivity contribution in [2.45, 2.75) is 58.6 Å². The smallest absolute Gasteiger partial charge is 0.329 e. The van der Waals surface area contributed by atoms with Crippen LogP contribution in [-0.4, -0.2) is 46.5 Å². The van der Waals surface area contributed by atoms with E-state index in [2.05, 4.69) is 5.32 Å². The minimum absolute atomic E-state index is 0.0880. The van der Waals surface area contributed by atoms with Crippen molar-refractivity contribution in [3.8, 4) is 0 Å². The molecule has 160 valence electrons. The highest BCUT2D eigenvalue weighted by molar-refractivity contribution is 6.08. The molecule has 3 rings (SSSR count). The van der Waals surface area contributed by atoms with E-state index in [-0.39, 0.29) is 29.4 Å². The van der Waals surface area contributed by atoms with Crippen molar-refractivity contribution in [2.24, 2.45) is 11.8 Å². The summed E-state index contributed by atoms with van der Waals surface area (Å²) < 4.78 is 5.22. The molecule has 1 aliphatic heterocycles. The predicted molar refractivity (Wildman–Crippen MR) is 107 cm³/mol. The van der Waals surface area contributed by atoms with Crippen LogP contribution in [0.4, 0.5) is 5.69 Å². The minimum Gasteiger partial charge on any atom is -0.451 e. The number of benzene rings is 1. The summed E-state index contributed by atoms with van der Waals surface area (Å²) >= 11 is 0. The summed E-state index contributed by atoms with van der Waals surface area (Å²) in [5, 5.41) is 2.60. The van der Waals surface area contributed by atoms with Crippen molar-refractivity contribution in [2.75, 3.05) is 5.32 Å². The molecule has 1 saturated heterocycles. The number of hydrogen-bond acceptors (Lipinski definition) is 6. The molecule has 0 unspecified atom stereocenters. The number of rotatable bonds is 6. The second-order valence-corrected chi connectivity index (χ2v) is 7.92. The summed E-state index contributed by atoms with van der Waals surface area (Å²) in [6.45, 7) is 4.30. The van der Waals surface area contributed by atoms with Crippen LogP contribution in [0.1, 0.15) is 56.8 Å². The monoisotopic (exact) mass is 414 g/mol. The average Bonchev–Trinajstić information content (AvgIpc) is 2.98. The highest BCUT2D eigenvalue weighted by Crippen LogP contribution is 2.38. The van der Waals surface area contributed by atoms with Crippen LogP contribution in [-0.2, 0) is 23.9 Å². The molecule has 30 heavy (non-hydrogen) atoms. The molecular weight excluding hydrogens is 388 g/mol. The molecule has 1 aromatic rings. The average molecular weight is 414 g/mol. The summed E-state index contributed by atoms with van der Waals surface area (Å²) in [5.41, 5.74) is 0.969. The topological polar surface area (TPSA) is 110 Å². The van der Waals surface area contributed by atoms with Gasteiger partial charge in [0, 0.05) is 11.3 Å². The number of likely N-dealkylation sites (tertiary alicyclic amines) is 1. The molecule has 1 aromatic carbocycles. The van der Waals surface area contributed by atoms with Crippen molar-refractivity contribution in [3.63, 3.8) is 0 Å². The van der Waals surface area contributed by atoms with E-state index in [1.54, 1.807) is 24.3 Å². The Morgan fingerprint density at radius 1 is 1.00 bits per heavy atom. The van der Waals surface area contributed by atoms with Gasteiger partial charge in [0.15, 0.2) is 11.9 Å². The first-order valence-electron chi connectivity index (χ1n) is 10.2. The van der Waals surface area contributed by atoms with Gasteiger partial charge in [-0.2, -0.15) is 0 Å². The van der Waals surface area contributed by atoms with Gasteiger partial charge in [0.1, 0.15) is 6.04 Å². The van der Waals surface area contributed by atoms with Crippen LogP contribution < -0.4 is 5.32 Å². The first-order chi connectivity index (χ1) is 14.2. The maximum Gasteiger partial charge on any atom is 0.329 e. The molecule has 0 bridgehead atoms. The first-order valence-corrected chi connectivity index (χ1v) is 10.2. The van der Waals surface area contributed by atoms with Crippen LogP contribution in [0.15, 0.2) is 24.3 Å². The third-order valence-electron chi connectivity index (χ3n) is 5.82. The van der Waals surface area contributed by atoms with E-state index in [1.165, 1.54) is 20.8 Å². The van der Waals surface area contributed by atoms with Gasteiger partial charge in [-0.05, 0) is 57.9 Å². The number of esters is 1. The number of ether oxygens (including phenoxy) is 1. The fourth-order valence-electron chi connectivity index (χ4n) is 4.03. The van der Waals surface area contributed by atoms with Gasteiger partial charge in [-0.3, -0.25) is 24.1 Å². The molecule has 0 aromatic heterocycles. The van der Waals surface area contributed by atoms with Crippen molar-refractivity contribution in [1.29, 1.82) is 0 Å². The summed E-state index contributed by atoms with van der Waals surface area (Å²) in [7, 11) is 0. The lowest BCUT2D eigenvalue weighted by atomic mass is 9.81. The maximum atomic E-state index is 12.6. The van der Waals surface area contributed by atoms with Gasteiger partial charge < -0.3 is 10.1 Å². The molecule has 0 radical (unpaired) electrons. The minimum atomic E-state index is -1.12. The Kier molecular flexibility index (Phi) is 6.34. The number of ketones is 1. The lowest BCUT2D eigenvalue weighted by Crippen LogP contribution is -2.46. The van der Waals surface area contributed by atoms with Gasteiger partial charge in [0.25, 0.3) is 5.91 Å². The van der Waals surface area contributed by atoms with E-state index >= 15 is 0 Å². The van der Waals surface area contributed by atoms with Gasteiger partial charge in [-0.15, -0.1) is 0 Å². The number of nitrogens with one attached hydrogen (secondary N) is 1. The van der Waals surface area contributed by atoms with Gasteiger partial charge in [-0.25, -0.2) is 4.79 Å². The van der Waals surface area contributed by atoms with Crippen LogP contribution in [0, 0.1) is 11.8 Å². The number of carbonyl (C=O) groups is 5. The normalized spacial score (nSPS) is 22.8. The van der Waals surface area contributed by atoms with Crippen LogP contribution in [0.5, 0.6) is 0 Å². The highest BCUT2D eigenvalue weighted by Gasteiger charge is 2.51. The van der Waals surface area contributed by atoms with Crippen molar-refractivity contribution >= 4 is 35.2 Å². The second kappa shape index (κ2) is 8.77. The predicted octanol–water partition coefficient (Wildman–Crippen LogP) is 2.32. The zero-order valence-electron chi connectivity index (χ0n) is 17.3. The number of amides is 3. The van der Waals surface area contributed by atoms with Crippen molar-refractivity contribution in [1.82, 2.24) is 4.90 Å². The highest BCUT2D eigenvalue weighted by atomic mass is 16.5. The van der Waals surface area contributed by atoms with Gasteiger partial charge in [0.2, 0.25) is 11.8 Å². The zero-order chi connectivity index (χ0) is 22.0. The maximum absolute atomic E-state index is 12.6. The summed E-state index contributed by atoms with van der Waals surface area (Å²) in [5.74, 6) is -2.78. The Labute approximate surface area is 174 Å².